The number of hydrogen-bond donors (Lipinski definition) is 2. The summed E-state index contributed by atoms with van der Waals surface area (Å²) in [4.78, 5) is 14.8. The van der Waals surface area contributed by atoms with Crippen LogP contribution in [0.2, 0.25) is 0 Å². The summed E-state index contributed by atoms with van der Waals surface area (Å²) in [6, 6.07) is 16.1. The van der Waals surface area contributed by atoms with Crippen molar-refractivity contribution in [2.45, 2.75) is 32.2 Å². The summed E-state index contributed by atoms with van der Waals surface area (Å²) in [6.07, 6.45) is 6.99. The molecule has 0 spiro atoms. The van der Waals surface area contributed by atoms with Crippen molar-refractivity contribution in [1.82, 2.24) is 5.32 Å². The Labute approximate surface area is 173 Å². The lowest BCUT2D eigenvalue weighted by atomic mass is 10.2. The Kier molecular flexibility index (Phi) is 7.70. The van der Waals surface area contributed by atoms with E-state index in [0.717, 1.165) is 30.1 Å². The van der Waals surface area contributed by atoms with Crippen molar-refractivity contribution in [3.63, 3.8) is 0 Å². The molecule has 154 valence electrons. The second-order valence-electron chi connectivity index (χ2n) is 7.45. The fourth-order valence-electron chi connectivity index (χ4n) is 3.58. The van der Waals surface area contributed by atoms with Crippen LogP contribution < -0.4 is 20.3 Å². The summed E-state index contributed by atoms with van der Waals surface area (Å²) in [7, 11) is 1.67. The highest BCUT2D eigenvalue weighted by atomic mass is 16.5. The van der Waals surface area contributed by atoms with Crippen molar-refractivity contribution in [2.24, 2.45) is 0 Å². The fourth-order valence-corrected chi connectivity index (χ4v) is 3.58. The monoisotopic (exact) mass is 393 g/mol. The number of benzene rings is 2. The summed E-state index contributed by atoms with van der Waals surface area (Å²) in [5.74, 6) is 0.879. The quantitative estimate of drug-likeness (QED) is 0.666. The van der Waals surface area contributed by atoms with Crippen LogP contribution in [0.4, 0.5) is 11.4 Å². The molecule has 1 unspecified atom stereocenters. The molecular formula is C24H31N3O2. The lowest BCUT2D eigenvalue weighted by Gasteiger charge is -2.19. The maximum absolute atomic E-state index is 12.4. The van der Waals surface area contributed by atoms with E-state index in [2.05, 4.69) is 27.7 Å². The number of methoxy groups -OCH3 is 1. The van der Waals surface area contributed by atoms with Gasteiger partial charge in [0.05, 0.1) is 7.11 Å². The summed E-state index contributed by atoms with van der Waals surface area (Å²) in [5.41, 5.74) is 3.09. The van der Waals surface area contributed by atoms with Crippen molar-refractivity contribution in [2.75, 3.05) is 37.0 Å². The molecule has 5 nitrogen and oxygen atoms in total. The zero-order valence-corrected chi connectivity index (χ0v) is 17.4. The molecule has 1 fully saturated rings. The first kappa shape index (κ1) is 20.9. The topological polar surface area (TPSA) is 53.6 Å². The molecule has 1 heterocycles. The third kappa shape index (κ3) is 6.36. The van der Waals surface area contributed by atoms with Crippen molar-refractivity contribution < 1.29 is 9.53 Å². The number of rotatable bonds is 9. The Morgan fingerprint density at radius 3 is 2.76 bits per heavy atom. The number of hydrogen-bond acceptors (Lipinski definition) is 4. The van der Waals surface area contributed by atoms with Gasteiger partial charge in [0.25, 0.3) is 0 Å². The van der Waals surface area contributed by atoms with Gasteiger partial charge in [0.1, 0.15) is 5.75 Å². The maximum atomic E-state index is 12.4. The van der Waals surface area contributed by atoms with E-state index in [1.165, 1.54) is 18.5 Å². The van der Waals surface area contributed by atoms with Gasteiger partial charge in [-0.25, -0.2) is 0 Å². The molecule has 1 aliphatic heterocycles. The highest BCUT2D eigenvalue weighted by molar-refractivity contribution is 5.91. The minimum Gasteiger partial charge on any atom is -0.496 e. The number of nitrogens with zero attached hydrogens (tertiary/aromatic N) is 1. The van der Waals surface area contributed by atoms with Crippen molar-refractivity contribution in [3.05, 3.63) is 60.2 Å². The maximum Gasteiger partial charge on any atom is 0.225 e. The third-order valence-corrected chi connectivity index (χ3v) is 5.11. The molecule has 0 aromatic heterocycles. The second kappa shape index (κ2) is 10.7. The van der Waals surface area contributed by atoms with Crippen LogP contribution in [0.1, 0.15) is 31.7 Å². The van der Waals surface area contributed by atoms with Gasteiger partial charge >= 0.3 is 0 Å². The first-order chi connectivity index (χ1) is 14.2. The molecule has 1 aliphatic rings. The van der Waals surface area contributed by atoms with Crippen LogP contribution in [-0.2, 0) is 4.79 Å². The number of amides is 1. The smallest absolute Gasteiger partial charge is 0.225 e. The van der Waals surface area contributed by atoms with E-state index in [1.807, 2.05) is 55.5 Å². The highest BCUT2D eigenvalue weighted by Gasteiger charge is 2.13. The summed E-state index contributed by atoms with van der Waals surface area (Å²) in [5, 5.41) is 6.39. The van der Waals surface area contributed by atoms with E-state index >= 15 is 0 Å². The Morgan fingerprint density at radius 2 is 1.97 bits per heavy atom. The number of anilines is 2. The molecule has 29 heavy (non-hydrogen) atoms. The van der Waals surface area contributed by atoms with E-state index in [4.69, 9.17) is 4.74 Å². The Morgan fingerprint density at radius 1 is 1.17 bits per heavy atom. The lowest BCUT2D eigenvalue weighted by molar-refractivity contribution is -0.116. The fraction of sp³-hybridized carbons (Fsp3) is 0.375. The third-order valence-electron chi connectivity index (χ3n) is 5.11. The second-order valence-corrected chi connectivity index (χ2v) is 7.45. The van der Waals surface area contributed by atoms with Gasteiger partial charge in [-0.3, -0.25) is 4.79 Å². The molecule has 1 amide bonds. The molecule has 1 atom stereocenters. The molecule has 0 aliphatic carbocycles. The van der Waals surface area contributed by atoms with Crippen LogP contribution >= 0.6 is 0 Å². The summed E-state index contributed by atoms with van der Waals surface area (Å²) < 4.78 is 5.35. The average Bonchev–Trinajstić information content (AvgIpc) is 3.26. The molecule has 0 bridgehead atoms. The van der Waals surface area contributed by atoms with Crippen LogP contribution in [0.25, 0.3) is 6.08 Å². The zero-order valence-electron chi connectivity index (χ0n) is 17.4. The van der Waals surface area contributed by atoms with Crippen LogP contribution in [-0.4, -0.2) is 38.7 Å². The van der Waals surface area contributed by atoms with Crippen LogP contribution in [0.5, 0.6) is 5.75 Å². The predicted molar refractivity (Wildman–Crippen MR) is 121 cm³/mol. The summed E-state index contributed by atoms with van der Waals surface area (Å²) >= 11 is 0. The van der Waals surface area contributed by atoms with E-state index in [1.54, 1.807) is 7.11 Å². The molecule has 0 saturated carbocycles. The molecule has 5 heteroatoms. The number of para-hydroxylation sites is 1. The van der Waals surface area contributed by atoms with Gasteiger partial charge < -0.3 is 20.3 Å². The van der Waals surface area contributed by atoms with E-state index in [-0.39, 0.29) is 11.9 Å². The largest absolute Gasteiger partial charge is 0.496 e. The lowest BCUT2D eigenvalue weighted by Crippen LogP contribution is -2.30. The van der Waals surface area contributed by atoms with Crippen molar-refractivity contribution >= 4 is 23.4 Å². The molecule has 3 rings (SSSR count). The highest BCUT2D eigenvalue weighted by Crippen LogP contribution is 2.23. The van der Waals surface area contributed by atoms with Crippen LogP contribution in [0.15, 0.2) is 54.6 Å². The Balaban J connectivity index is 1.43. The average molecular weight is 394 g/mol. The van der Waals surface area contributed by atoms with Crippen molar-refractivity contribution in [3.8, 4) is 5.75 Å². The predicted octanol–water partition coefficient (Wildman–Crippen LogP) is 4.32. The van der Waals surface area contributed by atoms with Gasteiger partial charge in [0.15, 0.2) is 0 Å². The SMILES string of the molecule is COc1ccccc1/C=C/CNC(C)CC(=O)Nc1cccc(N2CCCC2)c1. The first-order valence-electron chi connectivity index (χ1n) is 10.3. The molecular weight excluding hydrogens is 362 g/mol. The number of ether oxygens (including phenoxy) is 1. The van der Waals surface area contributed by atoms with Crippen molar-refractivity contribution in [1.29, 1.82) is 0 Å². The van der Waals surface area contributed by atoms with Crippen LogP contribution in [0.3, 0.4) is 0 Å². The minimum absolute atomic E-state index is 0.0253. The van der Waals surface area contributed by atoms with Gasteiger partial charge in [-0.05, 0) is 44.0 Å². The molecule has 2 N–H and O–H groups in total. The van der Waals surface area contributed by atoms with Gasteiger partial charge in [-0.1, -0.05) is 36.4 Å². The number of carbonyl (C=O) groups is 1. The van der Waals surface area contributed by atoms with Gasteiger partial charge in [-0.15, -0.1) is 0 Å². The molecule has 0 radical (unpaired) electrons. The first-order valence-corrected chi connectivity index (χ1v) is 10.3. The number of carbonyl (C=O) groups excluding carboxylic acids is 1. The van der Waals surface area contributed by atoms with E-state index in [0.29, 0.717) is 13.0 Å². The van der Waals surface area contributed by atoms with E-state index in [9.17, 15) is 4.79 Å². The number of nitrogens with one attached hydrogen (secondary N) is 2. The van der Waals surface area contributed by atoms with Gasteiger partial charge in [0, 0.05) is 49.0 Å². The van der Waals surface area contributed by atoms with Crippen LogP contribution in [0, 0.1) is 0 Å². The van der Waals surface area contributed by atoms with E-state index < -0.39 is 0 Å². The molecule has 2 aromatic rings. The van der Waals surface area contributed by atoms with Gasteiger partial charge in [0.2, 0.25) is 5.91 Å². The Hall–Kier alpha value is -2.79. The molecule has 1 saturated heterocycles. The zero-order chi connectivity index (χ0) is 20.5. The molecule has 2 aromatic carbocycles. The standard InChI is InChI=1S/C24H31N3O2/c1-19(25-14-8-10-20-9-3-4-13-23(20)29-2)17-24(28)26-21-11-7-12-22(18-21)27-15-5-6-16-27/h3-4,7-13,18-19,25H,5-6,14-17H2,1-2H3,(H,26,28)/b10-8+. The summed E-state index contributed by atoms with van der Waals surface area (Å²) in [6.45, 7) is 4.91. The minimum atomic E-state index is 0.0253. The van der Waals surface area contributed by atoms with Gasteiger partial charge in [-0.2, -0.15) is 0 Å². The normalized spacial score (nSPS) is 14.9. The Bertz CT molecular complexity index is 828.